The molecule has 0 spiro atoms. The number of rotatable bonds is 9. The number of hydrogen-bond acceptors (Lipinski definition) is 9. The molecular formula is C26H34N6O5. The van der Waals surface area contributed by atoms with Crippen molar-refractivity contribution < 1.29 is 19.0 Å². The molecule has 1 aromatic carbocycles. The fourth-order valence-corrected chi connectivity index (χ4v) is 5.47. The van der Waals surface area contributed by atoms with Crippen LogP contribution < -0.4 is 15.0 Å². The molecule has 11 heteroatoms. The molecule has 3 heterocycles. The number of pyridine rings is 1. The van der Waals surface area contributed by atoms with E-state index in [0.29, 0.717) is 54.8 Å². The summed E-state index contributed by atoms with van der Waals surface area (Å²) in [7, 11) is 0. The molecule has 1 saturated carbocycles. The molecular weight excluding hydrogens is 476 g/mol. The van der Waals surface area contributed by atoms with Gasteiger partial charge in [0.25, 0.3) is 5.56 Å². The average molecular weight is 511 g/mol. The maximum absolute atomic E-state index is 13.2. The summed E-state index contributed by atoms with van der Waals surface area (Å²) < 4.78 is 18.1. The molecule has 0 amide bonds. The zero-order chi connectivity index (χ0) is 25.8. The van der Waals surface area contributed by atoms with Crippen molar-refractivity contribution in [2.24, 2.45) is 0 Å². The minimum absolute atomic E-state index is 0.0467. The van der Waals surface area contributed by atoms with E-state index in [9.17, 15) is 9.59 Å². The number of fused-ring (bicyclic) bond motifs is 2. The summed E-state index contributed by atoms with van der Waals surface area (Å²) in [5.74, 6) is 1.56. The molecule has 1 atom stereocenters. The summed E-state index contributed by atoms with van der Waals surface area (Å²) in [5.41, 5.74) is 1.25. The van der Waals surface area contributed by atoms with Crippen molar-refractivity contribution in [2.75, 3.05) is 19.8 Å². The minimum atomic E-state index is -0.379. The van der Waals surface area contributed by atoms with Crippen LogP contribution in [-0.2, 0) is 22.6 Å². The van der Waals surface area contributed by atoms with Crippen LogP contribution in [0.25, 0.3) is 10.9 Å². The number of ether oxygens (including phenoxy) is 3. The van der Waals surface area contributed by atoms with E-state index in [2.05, 4.69) is 32.3 Å². The number of tetrazole rings is 1. The van der Waals surface area contributed by atoms with Crippen LogP contribution in [0.4, 0.5) is 0 Å². The van der Waals surface area contributed by atoms with Crippen LogP contribution in [0.15, 0.2) is 23.0 Å². The SMILES string of the molecule is CCOC(=O)Cn1nnnc1[C@@H](CC)N(Cc1cc2cc3c(cc2[nH]c1=O)OCCO3)C1CCCCC1. The van der Waals surface area contributed by atoms with E-state index in [1.54, 1.807) is 6.92 Å². The van der Waals surface area contributed by atoms with Crippen LogP contribution >= 0.6 is 0 Å². The lowest BCUT2D eigenvalue weighted by atomic mass is 9.92. The highest BCUT2D eigenvalue weighted by Gasteiger charge is 2.32. The monoisotopic (exact) mass is 510 g/mol. The zero-order valence-corrected chi connectivity index (χ0v) is 21.4. The molecule has 0 unspecified atom stereocenters. The van der Waals surface area contributed by atoms with Gasteiger partial charge in [0.05, 0.1) is 18.2 Å². The fourth-order valence-electron chi connectivity index (χ4n) is 5.47. The fraction of sp³-hybridized carbons (Fsp3) is 0.577. The van der Waals surface area contributed by atoms with Crippen LogP contribution in [0.5, 0.6) is 11.5 Å². The topological polar surface area (TPSA) is 124 Å². The van der Waals surface area contributed by atoms with Crippen molar-refractivity contribution in [3.63, 3.8) is 0 Å². The molecule has 3 aromatic rings. The number of esters is 1. The second kappa shape index (κ2) is 11.3. The Bertz CT molecular complexity index is 1300. The highest BCUT2D eigenvalue weighted by molar-refractivity contribution is 5.83. The number of nitrogens with zero attached hydrogens (tertiary/aromatic N) is 5. The molecule has 0 saturated heterocycles. The Labute approximate surface area is 215 Å². The summed E-state index contributed by atoms with van der Waals surface area (Å²) in [6.45, 7) is 5.54. The van der Waals surface area contributed by atoms with E-state index < -0.39 is 0 Å². The number of benzene rings is 1. The predicted molar refractivity (Wildman–Crippen MR) is 135 cm³/mol. The van der Waals surface area contributed by atoms with Crippen LogP contribution in [0.3, 0.4) is 0 Å². The number of hydrogen-bond donors (Lipinski definition) is 1. The Kier molecular flexibility index (Phi) is 7.68. The van der Waals surface area contributed by atoms with Gasteiger partial charge in [-0.1, -0.05) is 26.2 Å². The first kappa shape index (κ1) is 25.2. The molecule has 2 aliphatic rings. The maximum atomic E-state index is 13.2. The summed E-state index contributed by atoms with van der Waals surface area (Å²) in [6, 6.07) is 5.80. The Morgan fingerprint density at radius 2 is 1.92 bits per heavy atom. The van der Waals surface area contributed by atoms with Gasteiger partial charge in [-0.2, -0.15) is 0 Å². The number of H-pyrrole nitrogens is 1. The predicted octanol–water partition coefficient (Wildman–Crippen LogP) is 3.13. The van der Waals surface area contributed by atoms with Crippen LogP contribution in [0.2, 0.25) is 0 Å². The van der Waals surface area contributed by atoms with Crippen LogP contribution in [0.1, 0.15) is 69.8 Å². The van der Waals surface area contributed by atoms with E-state index in [1.165, 1.54) is 11.1 Å². The number of carbonyl (C=O) groups excluding carboxylic acids is 1. The third kappa shape index (κ3) is 5.46. The van der Waals surface area contributed by atoms with Gasteiger partial charge in [0.2, 0.25) is 0 Å². The Balaban J connectivity index is 1.49. The van der Waals surface area contributed by atoms with Gasteiger partial charge < -0.3 is 19.2 Å². The van der Waals surface area contributed by atoms with Crippen molar-refractivity contribution >= 4 is 16.9 Å². The molecule has 11 nitrogen and oxygen atoms in total. The molecule has 0 bridgehead atoms. The smallest absolute Gasteiger partial charge is 0.327 e. The van der Waals surface area contributed by atoms with Crippen molar-refractivity contribution in [2.45, 2.75) is 77.5 Å². The van der Waals surface area contributed by atoms with Crippen molar-refractivity contribution in [1.29, 1.82) is 0 Å². The lowest BCUT2D eigenvalue weighted by Crippen LogP contribution is -2.41. The van der Waals surface area contributed by atoms with Gasteiger partial charge in [-0.3, -0.25) is 14.5 Å². The average Bonchev–Trinajstić information content (AvgIpc) is 3.36. The molecule has 37 heavy (non-hydrogen) atoms. The third-order valence-electron chi connectivity index (χ3n) is 7.21. The molecule has 1 N–H and O–H groups in total. The number of aromatic nitrogens is 5. The lowest BCUT2D eigenvalue weighted by Gasteiger charge is -2.39. The first-order valence-electron chi connectivity index (χ1n) is 13.2. The summed E-state index contributed by atoms with van der Waals surface area (Å²) in [5, 5.41) is 13.2. The molecule has 1 aliphatic heterocycles. The van der Waals surface area contributed by atoms with Gasteiger partial charge in [0.15, 0.2) is 17.3 Å². The normalized spacial score (nSPS) is 16.7. The van der Waals surface area contributed by atoms with Gasteiger partial charge in [0, 0.05) is 29.6 Å². The van der Waals surface area contributed by atoms with E-state index in [-0.39, 0.29) is 30.2 Å². The van der Waals surface area contributed by atoms with Gasteiger partial charge >= 0.3 is 5.97 Å². The van der Waals surface area contributed by atoms with Gasteiger partial charge in [-0.25, -0.2) is 4.68 Å². The van der Waals surface area contributed by atoms with E-state index in [0.717, 1.165) is 37.5 Å². The molecule has 1 aliphatic carbocycles. The molecule has 198 valence electrons. The first-order valence-corrected chi connectivity index (χ1v) is 13.2. The Morgan fingerprint density at radius 3 is 2.65 bits per heavy atom. The number of aromatic amines is 1. The van der Waals surface area contributed by atoms with E-state index in [1.807, 2.05) is 18.2 Å². The van der Waals surface area contributed by atoms with E-state index >= 15 is 0 Å². The van der Waals surface area contributed by atoms with Crippen LogP contribution in [-0.4, -0.2) is 61.9 Å². The molecule has 0 radical (unpaired) electrons. The zero-order valence-electron chi connectivity index (χ0n) is 21.4. The molecule has 2 aromatic heterocycles. The van der Waals surface area contributed by atoms with Crippen LogP contribution in [0, 0.1) is 0 Å². The van der Waals surface area contributed by atoms with E-state index in [4.69, 9.17) is 14.2 Å². The second-order valence-corrected chi connectivity index (χ2v) is 9.59. The van der Waals surface area contributed by atoms with Gasteiger partial charge in [-0.05, 0) is 48.7 Å². The summed E-state index contributed by atoms with van der Waals surface area (Å²) >= 11 is 0. The second-order valence-electron chi connectivity index (χ2n) is 9.59. The highest BCUT2D eigenvalue weighted by Crippen LogP contribution is 2.35. The van der Waals surface area contributed by atoms with Gasteiger partial charge in [0.1, 0.15) is 19.8 Å². The minimum Gasteiger partial charge on any atom is -0.486 e. The van der Waals surface area contributed by atoms with Gasteiger partial charge in [-0.15, -0.1) is 5.10 Å². The Hall–Kier alpha value is -3.47. The van der Waals surface area contributed by atoms with Crippen molar-refractivity contribution in [3.05, 3.63) is 39.9 Å². The maximum Gasteiger partial charge on any atom is 0.327 e. The molecule has 5 rings (SSSR count). The summed E-state index contributed by atoms with van der Waals surface area (Å²) in [4.78, 5) is 30.8. The number of carbonyl (C=O) groups is 1. The first-order chi connectivity index (χ1) is 18.1. The Morgan fingerprint density at radius 1 is 1.16 bits per heavy atom. The lowest BCUT2D eigenvalue weighted by molar-refractivity contribution is -0.144. The molecule has 1 fully saturated rings. The number of nitrogens with one attached hydrogen (secondary N) is 1. The van der Waals surface area contributed by atoms with Crippen molar-refractivity contribution in [3.8, 4) is 11.5 Å². The summed E-state index contributed by atoms with van der Waals surface area (Å²) in [6.07, 6.45) is 6.31. The van der Waals surface area contributed by atoms with Crippen molar-refractivity contribution in [1.82, 2.24) is 30.1 Å². The largest absolute Gasteiger partial charge is 0.486 e. The highest BCUT2D eigenvalue weighted by atomic mass is 16.6. The third-order valence-corrected chi connectivity index (χ3v) is 7.21. The standard InChI is InChI=1S/C26H34N6O5/c1-3-21(25-28-29-30-32(25)16-24(33)35-4-2)31(19-8-6-5-7-9-19)15-18-12-17-13-22-23(37-11-10-36-22)14-20(17)27-26(18)34/h12-14,19,21H,3-11,15-16H2,1-2H3,(H,27,34)/t21-/m1/s1. The quantitative estimate of drug-likeness (QED) is 0.432.